The molecule has 1 heteroatoms. The van der Waals surface area contributed by atoms with Crippen LogP contribution in [0.15, 0.2) is 24.3 Å². The normalized spacial score (nSPS) is 17.2. The van der Waals surface area contributed by atoms with Gasteiger partial charge in [-0.25, -0.2) is 0 Å². The minimum Gasteiger partial charge on any atom is -0.367 e. The number of hydrogen-bond acceptors (Lipinski definition) is 1. The lowest BCUT2D eigenvalue weighted by atomic mass is 9.96. The van der Waals surface area contributed by atoms with Gasteiger partial charge in [-0.1, -0.05) is 104 Å². The highest BCUT2D eigenvalue weighted by Crippen LogP contribution is 2.22. The van der Waals surface area contributed by atoms with Crippen molar-refractivity contribution < 1.29 is 4.74 Å². The van der Waals surface area contributed by atoms with Crippen molar-refractivity contribution in [2.24, 2.45) is 11.8 Å². The molecule has 0 bridgehead atoms. The largest absolute Gasteiger partial charge is 0.367 e. The van der Waals surface area contributed by atoms with Crippen LogP contribution in [0.2, 0.25) is 0 Å². The molecule has 0 aromatic carbocycles. The van der Waals surface area contributed by atoms with Crippen molar-refractivity contribution in [2.45, 2.75) is 118 Å². The predicted molar refractivity (Wildman–Crippen MR) is 114 cm³/mol. The van der Waals surface area contributed by atoms with E-state index < -0.39 is 0 Å². The lowest BCUT2D eigenvalue weighted by molar-refractivity contribution is 0.0161. The molecule has 0 N–H and O–H groups in total. The first-order valence-electron chi connectivity index (χ1n) is 11.1. The molecule has 0 saturated heterocycles. The lowest BCUT2D eigenvalue weighted by Crippen LogP contribution is -2.23. The molecule has 0 aliphatic heterocycles. The van der Waals surface area contributed by atoms with E-state index in [-0.39, 0.29) is 12.2 Å². The average molecular weight is 351 g/mol. The van der Waals surface area contributed by atoms with Crippen LogP contribution in [-0.2, 0) is 4.74 Å². The Balaban J connectivity index is 4.91. The van der Waals surface area contributed by atoms with E-state index in [0.717, 1.165) is 37.5 Å². The third-order valence-electron chi connectivity index (χ3n) is 4.79. The molecule has 0 aromatic rings. The summed E-state index contributed by atoms with van der Waals surface area (Å²) in [5, 5.41) is 0. The Bertz CT molecular complexity index is 299. The average Bonchev–Trinajstić information content (AvgIpc) is 2.55. The van der Waals surface area contributed by atoms with Gasteiger partial charge in [0.2, 0.25) is 0 Å². The van der Waals surface area contributed by atoms with E-state index in [1.54, 1.807) is 0 Å². The standard InChI is InChI=1S/C24H46O/c1-7-11-13-17-23(19-21(5)15-9-3)25-24(18-14-12-8-2)20-22(6)16-10-4/h13-14,17-18,21-24H,7-12,15-16,19-20H2,1-6H3. The van der Waals surface area contributed by atoms with Crippen LogP contribution in [0.4, 0.5) is 0 Å². The molecule has 0 spiro atoms. The highest BCUT2D eigenvalue weighted by Gasteiger charge is 2.17. The minimum absolute atomic E-state index is 0.262. The van der Waals surface area contributed by atoms with Crippen LogP contribution >= 0.6 is 0 Å². The Morgan fingerprint density at radius 3 is 1.36 bits per heavy atom. The van der Waals surface area contributed by atoms with Gasteiger partial charge < -0.3 is 4.74 Å². The van der Waals surface area contributed by atoms with Gasteiger partial charge in [0.1, 0.15) is 0 Å². The van der Waals surface area contributed by atoms with Crippen LogP contribution in [0.3, 0.4) is 0 Å². The zero-order valence-electron chi connectivity index (χ0n) is 18.1. The number of unbranched alkanes of at least 4 members (excludes halogenated alkanes) is 2. The van der Waals surface area contributed by atoms with Gasteiger partial charge in [-0.05, 0) is 37.5 Å². The Kier molecular flexibility index (Phi) is 16.5. The molecule has 25 heavy (non-hydrogen) atoms. The number of hydrogen-bond donors (Lipinski definition) is 0. The van der Waals surface area contributed by atoms with Gasteiger partial charge in [-0.2, -0.15) is 0 Å². The fourth-order valence-corrected chi connectivity index (χ4v) is 3.43. The van der Waals surface area contributed by atoms with E-state index >= 15 is 0 Å². The van der Waals surface area contributed by atoms with Gasteiger partial charge in [0.05, 0.1) is 12.2 Å². The molecule has 0 fully saturated rings. The Morgan fingerprint density at radius 1 is 0.640 bits per heavy atom. The fraction of sp³-hybridized carbons (Fsp3) is 0.833. The van der Waals surface area contributed by atoms with E-state index in [1.807, 2.05) is 0 Å². The van der Waals surface area contributed by atoms with E-state index in [9.17, 15) is 0 Å². The summed E-state index contributed by atoms with van der Waals surface area (Å²) in [5.74, 6) is 1.46. The summed E-state index contributed by atoms with van der Waals surface area (Å²) in [7, 11) is 0. The molecule has 0 aliphatic carbocycles. The van der Waals surface area contributed by atoms with Gasteiger partial charge in [-0.15, -0.1) is 0 Å². The summed E-state index contributed by atoms with van der Waals surface area (Å²) in [4.78, 5) is 0. The van der Waals surface area contributed by atoms with Crippen LogP contribution in [-0.4, -0.2) is 12.2 Å². The van der Waals surface area contributed by atoms with Crippen molar-refractivity contribution in [2.75, 3.05) is 0 Å². The van der Waals surface area contributed by atoms with Crippen LogP contribution in [0.5, 0.6) is 0 Å². The second kappa shape index (κ2) is 16.9. The number of ether oxygens (including phenoxy) is 1. The van der Waals surface area contributed by atoms with Crippen molar-refractivity contribution in [1.82, 2.24) is 0 Å². The van der Waals surface area contributed by atoms with Crippen LogP contribution in [0.1, 0.15) is 106 Å². The van der Waals surface area contributed by atoms with Crippen LogP contribution in [0.25, 0.3) is 0 Å². The molecular formula is C24H46O. The molecular weight excluding hydrogens is 304 g/mol. The van der Waals surface area contributed by atoms with Gasteiger partial charge >= 0.3 is 0 Å². The molecule has 0 amide bonds. The van der Waals surface area contributed by atoms with Crippen molar-refractivity contribution >= 4 is 0 Å². The predicted octanol–water partition coefficient (Wildman–Crippen LogP) is 8.11. The zero-order valence-corrected chi connectivity index (χ0v) is 18.1. The maximum Gasteiger partial charge on any atom is 0.0766 e. The monoisotopic (exact) mass is 350 g/mol. The van der Waals surface area contributed by atoms with E-state index in [0.29, 0.717) is 0 Å². The Labute approximate surface area is 159 Å². The molecule has 0 radical (unpaired) electrons. The number of allylic oxidation sites excluding steroid dienone is 2. The summed E-state index contributed by atoms with van der Waals surface area (Å²) < 4.78 is 6.60. The van der Waals surface area contributed by atoms with Crippen LogP contribution < -0.4 is 0 Å². The highest BCUT2D eigenvalue weighted by molar-refractivity contribution is 4.95. The summed E-state index contributed by atoms with van der Waals surface area (Å²) in [5.41, 5.74) is 0. The summed E-state index contributed by atoms with van der Waals surface area (Å²) in [6.07, 6.45) is 22.0. The minimum atomic E-state index is 0.262. The number of rotatable bonds is 16. The molecule has 1 nitrogen and oxygen atoms in total. The van der Waals surface area contributed by atoms with Crippen molar-refractivity contribution in [1.29, 1.82) is 0 Å². The summed E-state index contributed by atoms with van der Waals surface area (Å²) in [6.45, 7) is 13.8. The first kappa shape index (κ1) is 24.4. The summed E-state index contributed by atoms with van der Waals surface area (Å²) in [6, 6.07) is 0. The molecule has 4 unspecified atom stereocenters. The van der Waals surface area contributed by atoms with Gasteiger partial charge in [-0.3, -0.25) is 0 Å². The topological polar surface area (TPSA) is 9.23 Å². The van der Waals surface area contributed by atoms with E-state index in [2.05, 4.69) is 65.8 Å². The summed E-state index contributed by atoms with van der Waals surface area (Å²) >= 11 is 0. The first-order valence-corrected chi connectivity index (χ1v) is 11.1. The lowest BCUT2D eigenvalue weighted by Gasteiger charge is -2.25. The third kappa shape index (κ3) is 14.3. The van der Waals surface area contributed by atoms with Gasteiger partial charge in [0.25, 0.3) is 0 Å². The first-order chi connectivity index (χ1) is 12.1. The SMILES string of the molecule is CCCC=CC(CC(C)CCC)OC(C=CCCC)CC(C)CCC. The Morgan fingerprint density at radius 2 is 1.04 bits per heavy atom. The van der Waals surface area contributed by atoms with Crippen molar-refractivity contribution in [3.63, 3.8) is 0 Å². The molecule has 0 saturated carbocycles. The highest BCUT2D eigenvalue weighted by atomic mass is 16.5. The maximum absolute atomic E-state index is 6.60. The van der Waals surface area contributed by atoms with Gasteiger partial charge in [0.15, 0.2) is 0 Å². The molecule has 0 heterocycles. The molecule has 0 rings (SSSR count). The third-order valence-corrected chi connectivity index (χ3v) is 4.79. The van der Waals surface area contributed by atoms with Crippen molar-refractivity contribution in [3.8, 4) is 0 Å². The quantitative estimate of drug-likeness (QED) is 0.255. The molecule has 148 valence electrons. The van der Waals surface area contributed by atoms with Gasteiger partial charge in [0, 0.05) is 0 Å². The second-order valence-electron chi connectivity index (χ2n) is 7.91. The van der Waals surface area contributed by atoms with E-state index in [1.165, 1.54) is 38.5 Å². The Hall–Kier alpha value is -0.560. The zero-order chi connectivity index (χ0) is 18.9. The second-order valence-corrected chi connectivity index (χ2v) is 7.91. The van der Waals surface area contributed by atoms with E-state index in [4.69, 9.17) is 4.74 Å². The van der Waals surface area contributed by atoms with Crippen LogP contribution in [0, 0.1) is 11.8 Å². The molecule has 0 aromatic heterocycles. The molecule has 4 atom stereocenters. The smallest absolute Gasteiger partial charge is 0.0766 e. The maximum atomic E-state index is 6.60. The molecule has 0 aliphatic rings. The van der Waals surface area contributed by atoms with Crippen molar-refractivity contribution in [3.05, 3.63) is 24.3 Å². The fourth-order valence-electron chi connectivity index (χ4n) is 3.43.